The average molecular weight is 297 g/mol. The smallest absolute Gasteiger partial charge is 0.0690 e. The zero-order chi connectivity index (χ0) is 15.6. The third-order valence-corrected chi connectivity index (χ3v) is 1.71. The van der Waals surface area contributed by atoms with Gasteiger partial charge in [-0.25, -0.2) is 0 Å². The number of aromatic nitrogens is 9. The Morgan fingerprint density at radius 2 is 0.955 bits per heavy atom. The van der Waals surface area contributed by atoms with Crippen LogP contribution < -0.4 is 0 Å². The summed E-state index contributed by atoms with van der Waals surface area (Å²) in [5.41, 5.74) is 0. The Morgan fingerprint density at radius 3 is 1.09 bits per heavy atom. The molecule has 4 rings (SSSR count). The third-order valence-electron chi connectivity index (χ3n) is 1.71. The van der Waals surface area contributed by atoms with Crippen LogP contribution in [0.5, 0.6) is 0 Å². The van der Waals surface area contributed by atoms with Crippen LogP contribution in [0.4, 0.5) is 0 Å². The topological polar surface area (TPSA) is 122 Å². The highest BCUT2D eigenvalue weighted by Gasteiger charge is 1.60. The van der Waals surface area contributed by atoms with Crippen LogP contribution in [0.3, 0.4) is 0 Å². The van der Waals surface area contributed by atoms with E-state index in [0.29, 0.717) is 0 Å². The SMILES string of the molecule is c1c[nH]nn1.c1c[nH]nn1.c1ccncc1.c1ccnnc1. The van der Waals surface area contributed by atoms with Gasteiger partial charge in [-0.3, -0.25) is 15.2 Å². The van der Waals surface area contributed by atoms with Gasteiger partial charge in [0.05, 0.1) is 12.4 Å². The van der Waals surface area contributed by atoms with Gasteiger partial charge in [-0.05, 0) is 24.3 Å². The van der Waals surface area contributed by atoms with Gasteiger partial charge in [0.1, 0.15) is 0 Å². The molecule has 0 fully saturated rings. The number of hydrogen-bond donors (Lipinski definition) is 2. The molecule has 0 spiro atoms. The molecule has 4 heterocycles. The summed E-state index contributed by atoms with van der Waals surface area (Å²) in [6, 6.07) is 9.37. The second-order valence-electron chi connectivity index (χ2n) is 3.26. The van der Waals surface area contributed by atoms with Gasteiger partial charge in [-0.2, -0.15) is 10.2 Å². The van der Waals surface area contributed by atoms with Crippen molar-refractivity contribution in [2.24, 2.45) is 0 Å². The van der Waals surface area contributed by atoms with Gasteiger partial charge in [-0.15, -0.1) is 10.2 Å². The van der Waals surface area contributed by atoms with E-state index in [1.54, 1.807) is 49.6 Å². The summed E-state index contributed by atoms with van der Waals surface area (Å²) in [4.78, 5) is 3.78. The third kappa shape index (κ3) is 11.6. The highest BCUT2D eigenvalue weighted by Crippen LogP contribution is 1.73. The molecule has 0 atom stereocenters. The lowest BCUT2D eigenvalue weighted by atomic mass is 10.5. The molecular weight excluding hydrogens is 282 g/mol. The molecule has 22 heavy (non-hydrogen) atoms. The first-order valence-corrected chi connectivity index (χ1v) is 6.17. The van der Waals surface area contributed by atoms with Crippen LogP contribution >= 0.6 is 0 Å². The van der Waals surface area contributed by atoms with Crippen LogP contribution in [0, 0.1) is 0 Å². The Labute approximate surface area is 126 Å². The standard InChI is InChI=1S/C5H5N.C4H4N2.2C2H3N3/c2*1-2-4-6-5-3-1;2*1-2-4-5-3-1/h1-5H;1-4H;2*1-2H,(H,3,4,5). The predicted molar refractivity (Wildman–Crippen MR) is 79.0 cm³/mol. The Hall–Kier alpha value is -3.49. The van der Waals surface area contributed by atoms with E-state index < -0.39 is 0 Å². The molecule has 9 heteroatoms. The number of pyridine rings is 1. The molecule has 0 aliphatic heterocycles. The van der Waals surface area contributed by atoms with E-state index in [4.69, 9.17) is 0 Å². The summed E-state index contributed by atoms with van der Waals surface area (Å²) >= 11 is 0. The Bertz CT molecular complexity index is 451. The maximum Gasteiger partial charge on any atom is 0.0690 e. The van der Waals surface area contributed by atoms with Crippen molar-refractivity contribution in [1.82, 2.24) is 46.0 Å². The number of aromatic amines is 2. The van der Waals surface area contributed by atoms with Crippen molar-refractivity contribution in [2.45, 2.75) is 0 Å². The van der Waals surface area contributed by atoms with Gasteiger partial charge in [-0.1, -0.05) is 16.5 Å². The van der Waals surface area contributed by atoms with E-state index in [1.165, 1.54) is 0 Å². The summed E-state index contributed by atoms with van der Waals surface area (Å²) in [6.07, 6.45) is 13.2. The first-order valence-electron chi connectivity index (χ1n) is 6.17. The highest BCUT2D eigenvalue weighted by atomic mass is 15.3. The van der Waals surface area contributed by atoms with E-state index in [9.17, 15) is 0 Å². The van der Waals surface area contributed by atoms with Crippen molar-refractivity contribution < 1.29 is 0 Å². The summed E-state index contributed by atoms with van der Waals surface area (Å²) in [5.74, 6) is 0. The van der Waals surface area contributed by atoms with Crippen LogP contribution in [-0.4, -0.2) is 46.0 Å². The Morgan fingerprint density at radius 1 is 0.455 bits per heavy atom. The Kier molecular flexibility index (Phi) is 10.5. The fourth-order valence-corrected chi connectivity index (χ4v) is 0.899. The fraction of sp³-hybridized carbons (Fsp3) is 0. The molecular formula is C13H15N9. The van der Waals surface area contributed by atoms with Gasteiger partial charge >= 0.3 is 0 Å². The normalized spacial score (nSPS) is 8.00. The molecule has 4 aromatic rings. The van der Waals surface area contributed by atoms with Gasteiger partial charge in [0, 0.05) is 37.2 Å². The van der Waals surface area contributed by atoms with Gasteiger partial charge in [0.2, 0.25) is 0 Å². The quantitative estimate of drug-likeness (QED) is 0.499. The molecule has 0 aliphatic rings. The molecule has 0 unspecified atom stereocenters. The number of nitrogens with zero attached hydrogens (tertiary/aromatic N) is 7. The molecule has 0 amide bonds. The van der Waals surface area contributed by atoms with Crippen LogP contribution in [-0.2, 0) is 0 Å². The molecule has 0 aromatic carbocycles. The lowest BCUT2D eigenvalue weighted by molar-refractivity contribution is 0.940. The summed E-state index contributed by atoms with van der Waals surface area (Å²) in [5, 5.41) is 25.6. The van der Waals surface area contributed by atoms with Crippen molar-refractivity contribution >= 4 is 0 Å². The fourth-order valence-electron chi connectivity index (χ4n) is 0.899. The average Bonchev–Trinajstić information content (AvgIpc) is 3.37. The summed E-state index contributed by atoms with van der Waals surface area (Å²) in [7, 11) is 0. The molecule has 4 aromatic heterocycles. The molecule has 0 bridgehead atoms. The van der Waals surface area contributed by atoms with E-state index in [0.717, 1.165) is 0 Å². The van der Waals surface area contributed by atoms with Crippen LogP contribution in [0.25, 0.3) is 0 Å². The zero-order valence-electron chi connectivity index (χ0n) is 11.6. The molecule has 0 radical (unpaired) electrons. The van der Waals surface area contributed by atoms with Crippen molar-refractivity contribution in [1.29, 1.82) is 0 Å². The minimum absolute atomic E-state index is 1.58. The molecule has 2 N–H and O–H groups in total. The monoisotopic (exact) mass is 297 g/mol. The maximum absolute atomic E-state index is 3.78. The maximum atomic E-state index is 3.78. The Balaban J connectivity index is 0.000000147. The predicted octanol–water partition coefficient (Wildman–Crippen LogP) is 1.17. The van der Waals surface area contributed by atoms with Crippen molar-refractivity contribution in [3.05, 3.63) is 79.9 Å². The second kappa shape index (κ2) is 13.9. The van der Waals surface area contributed by atoms with Gasteiger partial charge < -0.3 is 0 Å². The summed E-state index contributed by atoms with van der Waals surface area (Å²) < 4.78 is 0. The lowest BCUT2D eigenvalue weighted by Crippen LogP contribution is -1.69. The molecule has 0 aliphatic carbocycles. The highest BCUT2D eigenvalue weighted by molar-refractivity contribution is 4.88. The van der Waals surface area contributed by atoms with E-state index in [-0.39, 0.29) is 0 Å². The van der Waals surface area contributed by atoms with E-state index in [1.807, 2.05) is 30.3 Å². The number of hydrogen-bond acceptors (Lipinski definition) is 7. The van der Waals surface area contributed by atoms with Gasteiger partial charge in [0.25, 0.3) is 0 Å². The minimum Gasteiger partial charge on any atom is -0.266 e. The van der Waals surface area contributed by atoms with Crippen molar-refractivity contribution in [3.8, 4) is 0 Å². The van der Waals surface area contributed by atoms with Crippen LogP contribution in [0.15, 0.2) is 79.9 Å². The number of H-pyrrole nitrogens is 2. The molecule has 0 saturated heterocycles. The van der Waals surface area contributed by atoms with Gasteiger partial charge in [0.15, 0.2) is 0 Å². The molecule has 9 nitrogen and oxygen atoms in total. The van der Waals surface area contributed by atoms with Crippen LogP contribution in [0.1, 0.15) is 0 Å². The molecule has 0 saturated carbocycles. The summed E-state index contributed by atoms with van der Waals surface area (Å²) in [6.45, 7) is 0. The first-order chi connectivity index (χ1) is 11.0. The van der Waals surface area contributed by atoms with Crippen molar-refractivity contribution in [2.75, 3.05) is 0 Å². The second-order valence-corrected chi connectivity index (χ2v) is 3.26. The molecule has 112 valence electrons. The minimum atomic E-state index is 1.58. The van der Waals surface area contributed by atoms with E-state index >= 15 is 0 Å². The first kappa shape index (κ1) is 16.6. The van der Waals surface area contributed by atoms with E-state index in [2.05, 4.69) is 46.0 Å². The zero-order valence-corrected chi connectivity index (χ0v) is 11.6. The lowest BCUT2D eigenvalue weighted by Gasteiger charge is -1.70. The van der Waals surface area contributed by atoms with Crippen molar-refractivity contribution in [3.63, 3.8) is 0 Å². The largest absolute Gasteiger partial charge is 0.266 e. The van der Waals surface area contributed by atoms with Crippen LogP contribution in [0.2, 0.25) is 0 Å². The number of rotatable bonds is 0. The number of nitrogens with one attached hydrogen (secondary N) is 2.